The highest BCUT2D eigenvalue weighted by atomic mass is 35.5. The number of halogens is 2. The lowest BCUT2D eigenvalue weighted by Gasteiger charge is -2.70. The van der Waals surface area contributed by atoms with E-state index in [1.54, 1.807) is 0 Å². The molecule has 1 N–H and O–H groups in total. The Morgan fingerprint density at radius 1 is 1.19 bits per heavy atom. The molecule has 0 unspecified atom stereocenters. The molecule has 5 rings (SSSR count). The van der Waals surface area contributed by atoms with E-state index in [1.807, 2.05) is 25.1 Å². The lowest BCUT2D eigenvalue weighted by molar-refractivity contribution is -0.174. The summed E-state index contributed by atoms with van der Waals surface area (Å²) in [5.74, 6) is -0.536. The van der Waals surface area contributed by atoms with E-state index in [4.69, 9.17) is 21.1 Å². The molecule has 8 heteroatoms. The van der Waals surface area contributed by atoms with Gasteiger partial charge in [0.2, 0.25) is 0 Å². The summed E-state index contributed by atoms with van der Waals surface area (Å²) in [7, 11) is 0. The number of pyridine rings is 1. The van der Waals surface area contributed by atoms with Crippen LogP contribution < -0.4 is 10.1 Å². The summed E-state index contributed by atoms with van der Waals surface area (Å²) < 4.78 is 24.3. The van der Waals surface area contributed by atoms with Crippen LogP contribution in [0.5, 0.6) is 5.75 Å². The molecule has 0 saturated heterocycles. The van der Waals surface area contributed by atoms with Gasteiger partial charge in [-0.05, 0) is 55.9 Å². The van der Waals surface area contributed by atoms with Gasteiger partial charge in [0.25, 0.3) is 5.91 Å². The van der Waals surface area contributed by atoms with Crippen LogP contribution in [-0.2, 0) is 20.9 Å². The third-order valence-corrected chi connectivity index (χ3v) is 6.14. The van der Waals surface area contributed by atoms with Gasteiger partial charge in [-0.15, -0.1) is 0 Å². The van der Waals surface area contributed by atoms with Gasteiger partial charge in [0.15, 0.2) is 12.4 Å². The van der Waals surface area contributed by atoms with Crippen LogP contribution in [0.3, 0.4) is 0 Å². The first-order valence-electron chi connectivity index (χ1n) is 10.2. The fourth-order valence-electron chi connectivity index (χ4n) is 4.78. The number of rotatable bonds is 10. The molecule has 164 valence electrons. The molecule has 2 aromatic rings. The summed E-state index contributed by atoms with van der Waals surface area (Å²) in [6.07, 6.45) is 2.82. The van der Waals surface area contributed by atoms with Crippen molar-refractivity contribution >= 4 is 23.3 Å². The van der Waals surface area contributed by atoms with Crippen molar-refractivity contribution in [1.82, 2.24) is 10.3 Å². The van der Waals surface area contributed by atoms with Gasteiger partial charge in [-0.1, -0.05) is 17.7 Å². The van der Waals surface area contributed by atoms with E-state index in [0.717, 1.165) is 36.7 Å². The lowest BCUT2D eigenvalue weighted by Crippen LogP contribution is -2.75. The molecule has 3 saturated carbocycles. The van der Waals surface area contributed by atoms with Crippen molar-refractivity contribution in [3.05, 3.63) is 58.6 Å². The van der Waals surface area contributed by atoms with Gasteiger partial charge < -0.3 is 14.8 Å². The standard InChI is InChI=1S/C23H24ClFN2O4/c1-15-3-2-4-16(26-15)9-30-10-17(28)8-22-12-23(13-22,14-22)27-21(29)11-31-18-5-6-19(24)20(25)7-18/h2-7H,8-14H2,1H3,(H,27,29). The number of hydrogen-bond acceptors (Lipinski definition) is 5. The topological polar surface area (TPSA) is 77.5 Å². The van der Waals surface area contributed by atoms with Gasteiger partial charge in [-0.3, -0.25) is 14.6 Å². The summed E-state index contributed by atoms with van der Waals surface area (Å²) in [5.41, 5.74) is 1.47. The molecule has 0 spiro atoms. The predicted octanol–water partition coefficient (Wildman–Crippen LogP) is 3.78. The van der Waals surface area contributed by atoms with Gasteiger partial charge in [-0.2, -0.15) is 0 Å². The number of benzene rings is 1. The zero-order chi connectivity index (χ0) is 22.1. The maximum atomic E-state index is 13.4. The predicted molar refractivity (Wildman–Crippen MR) is 112 cm³/mol. The molecular weight excluding hydrogens is 423 g/mol. The fraction of sp³-hybridized carbons (Fsp3) is 0.435. The van der Waals surface area contributed by atoms with Crippen molar-refractivity contribution in [2.75, 3.05) is 13.2 Å². The molecule has 6 nitrogen and oxygen atoms in total. The first-order chi connectivity index (χ1) is 14.8. The number of aryl methyl sites for hydroxylation is 1. The second kappa shape index (κ2) is 8.55. The van der Waals surface area contributed by atoms with E-state index in [2.05, 4.69) is 10.3 Å². The minimum absolute atomic E-state index is 0.00254. The van der Waals surface area contributed by atoms with Crippen molar-refractivity contribution in [3.63, 3.8) is 0 Å². The molecule has 1 heterocycles. The Hall–Kier alpha value is -2.51. The zero-order valence-electron chi connectivity index (χ0n) is 17.2. The van der Waals surface area contributed by atoms with Gasteiger partial charge in [0.1, 0.15) is 18.2 Å². The zero-order valence-corrected chi connectivity index (χ0v) is 18.0. The van der Waals surface area contributed by atoms with E-state index < -0.39 is 5.82 Å². The molecule has 3 fully saturated rings. The van der Waals surface area contributed by atoms with Crippen molar-refractivity contribution in [2.45, 2.75) is 44.8 Å². The van der Waals surface area contributed by atoms with Gasteiger partial charge in [0, 0.05) is 23.7 Å². The molecule has 1 aromatic carbocycles. The number of carbonyl (C=O) groups is 2. The monoisotopic (exact) mass is 446 g/mol. The van der Waals surface area contributed by atoms with E-state index in [9.17, 15) is 14.0 Å². The average molecular weight is 447 g/mol. The fourth-order valence-corrected chi connectivity index (χ4v) is 4.90. The number of ketones is 1. The highest BCUT2D eigenvalue weighted by Crippen LogP contribution is 2.68. The number of nitrogens with zero attached hydrogens (tertiary/aromatic N) is 1. The Morgan fingerprint density at radius 2 is 1.97 bits per heavy atom. The second-order valence-corrected chi connectivity index (χ2v) is 9.11. The summed E-state index contributed by atoms with van der Waals surface area (Å²) in [5, 5.41) is 2.99. The summed E-state index contributed by atoms with van der Waals surface area (Å²) >= 11 is 5.63. The number of nitrogens with one attached hydrogen (secondary N) is 1. The van der Waals surface area contributed by atoms with E-state index in [1.165, 1.54) is 12.1 Å². The number of Topliss-reactive ketones (excluding diaryl/α,β-unsaturated/α-hetero) is 1. The van der Waals surface area contributed by atoms with Crippen LogP contribution in [0.1, 0.15) is 37.1 Å². The number of hydrogen-bond donors (Lipinski definition) is 1. The first kappa shape index (κ1) is 21.7. The summed E-state index contributed by atoms with van der Waals surface area (Å²) in [4.78, 5) is 28.8. The molecule has 31 heavy (non-hydrogen) atoms. The highest BCUT2D eigenvalue weighted by molar-refractivity contribution is 6.30. The summed E-state index contributed by atoms with van der Waals surface area (Å²) in [6, 6.07) is 9.74. The Labute approximate surface area is 185 Å². The number of aromatic nitrogens is 1. The van der Waals surface area contributed by atoms with E-state index in [-0.39, 0.29) is 46.6 Å². The Morgan fingerprint density at radius 3 is 2.68 bits per heavy atom. The SMILES string of the molecule is Cc1cccc(COCC(=O)CC23CC(NC(=O)COc4ccc(Cl)c(F)c4)(C2)C3)n1. The maximum Gasteiger partial charge on any atom is 0.258 e. The Balaban J connectivity index is 1.14. The van der Waals surface area contributed by atoms with Crippen LogP contribution in [0.15, 0.2) is 36.4 Å². The van der Waals surface area contributed by atoms with Gasteiger partial charge >= 0.3 is 0 Å². The van der Waals surface area contributed by atoms with E-state index >= 15 is 0 Å². The van der Waals surface area contributed by atoms with Crippen molar-refractivity contribution in [2.24, 2.45) is 5.41 Å². The van der Waals surface area contributed by atoms with E-state index in [0.29, 0.717) is 13.0 Å². The lowest BCUT2D eigenvalue weighted by atomic mass is 9.38. The molecule has 0 atom stereocenters. The van der Waals surface area contributed by atoms with Crippen LogP contribution in [-0.4, -0.2) is 35.4 Å². The molecule has 0 radical (unpaired) electrons. The average Bonchev–Trinajstić information content (AvgIpc) is 2.66. The molecule has 2 bridgehead atoms. The highest BCUT2D eigenvalue weighted by Gasteiger charge is 2.68. The quantitative estimate of drug-likeness (QED) is 0.601. The number of carbonyl (C=O) groups excluding carboxylic acids is 2. The Kier molecular flexibility index (Phi) is 5.99. The smallest absolute Gasteiger partial charge is 0.258 e. The van der Waals surface area contributed by atoms with Crippen molar-refractivity contribution in [3.8, 4) is 5.75 Å². The normalized spacial score (nSPS) is 23.5. The maximum absolute atomic E-state index is 13.4. The Bertz CT molecular complexity index is 993. The van der Waals surface area contributed by atoms with Crippen molar-refractivity contribution < 1.29 is 23.5 Å². The minimum atomic E-state index is -0.593. The van der Waals surface area contributed by atoms with Crippen LogP contribution in [0.2, 0.25) is 5.02 Å². The van der Waals surface area contributed by atoms with Crippen LogP contribution in [0.25, 0.3) is 0 Å². The molecule has 0 aliphatic heterocycles. The van der Waals surface area contributed by atoms with Crippen LogP contribution in [0, 0.1) is 18.2 Å². The van der Waals surface area contributed by atoms with Gasteiger partial charge in [0.05, 0.1) is 17.3 Å². The van der Waals surface area contributed by atoms with Crippen molar-refractivity contribution in [1.29, 1.82) is 0 Å². The minimum Gasteiger partial charge on any atom is -0.484 e. The molecule has 3 aliphatic rings. The molecule has 1 aromatic heterocycles. The number of amides is 1. The van der Waals surface area contributed by atoms with Crippen LogP contribution >= 0.6 is 11.6 Å². The second-order valence-electron chi connectivity index (χ2n) is 8.70. The third kappa shape index (κ3) is 5.05. The number of ether oxygens (including phenoxy) is 2. The largest absolute Gasteiger partial charge is 0.484 e. The molecular formula is C23H24ClFN2O4. The molecule has 3 aliphatic carbocycles. The van der Waals surface area contributed by atoms with Crippen LogP contribution in [0.4, 0.5) is 4.39 Å². The third-order valence-electron chi connectivity index (χ3n) is 5.84. The first-order valence-corrected chi connectivity index (χ1v) is 10.6. The molecule has 1 amide bonds. The summed E-state index contributed by atoms with van der Waals surface area (Å²) in [6.45, 7) is 2.10. The van der Waals surface area contributed by atoms with Gasteiger partial charge in [-0.25, -0.2) is 4.39 Å².